The lowest BCUT2D eigenvalue weighted by atomic mass is 10.1. The second kappa shape index (κ2) is 6.41. The van der Waals surface area contributed by atoms with Gasteiger partial charge in [-0.25, -0.2) is 4.79 Å². The molecule has 5 N–H and O–H groups in total. The maximum atomic E-state index is 11.4. The van der Waals surface area contributed by atoms with Gasteiger partial charge in [0.1, 0.15) is 5.60 Å². The summed E-state index contributed by atoms with van der Waals surface area (Å²) in [4.78, 5) is 21.8. The van der Waals surface area contributed by atoms with E-state index < -0.39 is 36.4 Å². The standard InChI is InChI=1S/C10H20N2O5/c1-10(2,3)17-9(16)12-7(5-13)6(11)4-8(14)15/h6-7,13H,4-5,11H2,1-3H3,(H,12,16)(H,14,15)/t6-,7-/m1/s1. The Balaban J connectivity index is 4.30. The van der Waals surface area contributed by atoms with E-state index in [1.54, 1.807) is 20.8 Å². The van der Waals surface area contributed by atoms with Crippen LogP contribution in [0.1, 0.15) is 27.2 Å². The molecular formula is C10H20N2O5. The number of alkyl carbamates (subject to hydrolysis) is 1. The van der Waals surface area contributed by atoms with Crippen molar-refractivity contribution in [1.29, 1.82) is 0 Å². The molecule has 0 saturated carbocycles. The lowest BCUT2D eigenvalue weighted by Gasteiger charge is -2.25. The number of amides is 1. The van der Waals surface area contributed by atoms with Gasteiger partial charge in [-0.05, 0) is 20.8 Å². The van der Waals surface area contributed by atoms with Crippen LogP contribution in [0.2, 0.25) is 0 Å². The molecule has 0 spiro atoms. The average Bonchev–Trinajstić information content (AvgIpc) is 2.09. The molecule has 0 aromatic carbocycles. The minimum absolute atomic E-state index is 0.346. The van der Waals surface area contributed by atoms with Crippen molar-refractivity contribution in [3.8, 4) is 0 Å². The van der Waals surface area contributed by atoms with Crippen LogP contribution in [-0.4, -0.2) is 46.6 Å². The summed E-state index contributed by atoms with van der Waals surface area (Å²) in [5.74, 6) is -1.10. The fraction of sp³-hybridized carbons (Fsp3) is 0.800. The van der Waals surface area contributed by atoms with Gasteiger partial charge in [-0.3, -0.25) is 4.79 Å². The number of carboxylic acid groups (broad SMARTS) is 1. The van der Waals surface area contributed by atoms with E-state index in [0.717, 1.165) is 0 Å². The number of nitrogens with one attached hydrogen (secondary N) is 1. The van der Waals surface area contributed by atoms with Gasteiger partial charge in [-0.1, -0.05) is 0 Å². The van der Waals surface area contributed by atoms with Crippen LogP contribution in [-0.2, 0) is 9.53 Å². The van der Waals surface area contributed by atoms with Crippen LogP contribution in [0.4, 0.5) is 4.79 Å². The molecule has 0 aliphatic heterocycles. The number of aliphatic carboxylic acids is 1. The lowest BCUT2D eigenvalue weighted by Crippen LogP contribution is -2.51. The predicted octanol–water partition coefficient (Wildman–Crippen LogP) is -0.326. The van der Waals surface area contributed by atoms with Crippen LogP contribution in [0.25, 0.3) is 0 Å². The first-order valence-electron chi connectivity index (χ1n) is 5.23. The van der Waals surface area contributed by atoms with Gasteiger partial charge in [0.25, 0.3) is 0 Å². The Morgan fingerprint density at radius 3 is 2.29 bits per heavy atom. The molecule has 7 nitrogen and oxygen atoms in total. The summed E-state index contributed by atoms with van der Waals surface area (Å²) in [5.41, 5.74) is 4.86. The van der Waals surface area contributed by atoms with Crippen molar-refractivity contribution in [3.63, 3.8) is 0 Å². The quantitative estimate of drug-likeness (QED) is 0.528. The number of carbonyl (C=O) groups excluding carboxylic acids is 1. The van der Waals surface area contributed by atoms with Gasteiger partial charge in [0.05, 0.1) is 19.1 Å². The van der Waals surface area contributed by atoms with Gasteiger partial charge in [0, 0.05) is 6.04 Å². The van der Waals surface area contributed by atoms with E-state index in [9.17, 15) is 9.59 Å². The van der Waals surface area contributed by atoms with Gasteiger partial charge in [0.15, 0.2) is 0 Å². The first kappa shape index (κ1) is 15.7. The van der Waals surface area contributed by atoms with Crippen LogP contribution in [0, 0.1) is 0 Å². The van der Waals surface area contributed by atoms with Crippen LogP contribution >= 0.6 is 0 Å². The van der Waals surface area contributed by atoms with Crippen LogP contribution < -0.4 is 11.1 Å². The topological polar surface area (TPSA) is 122 Å². The zero-order chi connectivity index (χ0) is 13.6. The third-order valence-electron chi connectivity index (χ3n) is 1.83. The summed E-state index contributed by atoms with van der Waals surface area (Å²) < 4.78 is 4.96. The van der Waals surface area contributed by atoms with Crippen LogP contribution in [0.3, 0.4) is 0 Å². The summed E-state index contributed by atoms with van der Waals surface area (Å²) in [6.45, 7) is 4.63. The molecule has 0 heterocycles. The number of aliphatic hydroxyl groups excluding tert-OH is 1. The molecule has 0 aromatic rings. The third-order valence-corrected chi connectivity index (χ3v) is 1.83. The van der Waals surface area contributed by atoms with E-state index in [1.165, 1.54) is 0 Å². The monoisotopic (exact) mass is 248 g/mol. The zero-order valence-electron chi connectivity index (χ0n) is 10.3. The molecule has 0 aliphatic rings. The van der Waals surface area contributed by atoms with E-state index >= 15 is 0 Å². The fourth-order valence-corrected chi connectivity index (χ4v) is 1.09. The van der Waals surface area contributed by atoms with Crippen molar-refractivity contribution in [2.24, 2.45) is 5.73 Å². The molecule has 0 unspecified atom stereocenters. The maximum absolute atomic E-state index is 11.4. The van der Waals surface area contributed by atoms with Crippen LogP contribution in [0.5, 0.6) is 0 Å². The normalized spacial score (nSPS) is 14.9. The van der Waals surface area contributed by atoms with Crippen molar-refractivity contribution in [2.45, 2.75) is 44.9 Å². The van der Waals surface area contributed by atoms with Gasteiger partial charge >= 0.3 is 12.1 Å². The number of hydrogen-bond acceptors (Lipinski definition) is 5. The van der Waals surface area contributed by atoms with Crippen molar-refractivity contribution < 1.29 is 24.5 Å². The van der Waals surface area contributed by atoms with E-state index in [0.29, 0.717) is 0 Å². The zero-order valence-corrected chi connectivity index (χ0v) is 10.3. The molecule has 2 atom stereocenters. The van der Waals surface area contributed by atoms with Gasteiger partial charge in [-0.15, -0.1) is 0 Å². The molecular weight excluding hydrogens is 228 g/mol. The highest BCUT2D eigenvalue weighted by molar-refractivity contribution is 5.69. The van der Waals surface area contributed by atoms with E-state index in [1.807, 2.05) is 0 Å². The van der Waals surface area contributed by atoms with Crippen molar-refractivity contribution in [1.82, 2.24) is 5.32 Å². The molecule has 0 aromatic heterocycles. The first-order valence-corrected chi connectivity index (χ1v) is 5.23. The highest BCUT2D eigenvalue weighted by Gasteiger charge is 2.24. The summed E-state index contributed by atoms with van der Waals surface area (Å²) in [6, 6.07) is -1.72. The largest absolute Gasteiger partial charge is 0.481 e. The Bertz CT molecular complexity index is 274. The Morgan fingerprint density at radius 1 is 1.41 bits per heavy atom. The van der Waals surface area contributed by atoms with Crippen molar-refractivity contribution >= 4 is 12.1 Å². The number of rotatable bonds is 5. The number of aliphatic hydroxyl groups is 1. The molecule has 0 rings (SSSR count). The number of carboxylic acids is 1. The molecule has 17 heavy (non-hydrogen) atoms. The minimum Gasteiger partial charge on any atom is -0.481 e. The molecule has 7 heteroatoms. The third kappa shape index (κ3) is 7.53. The summed E-state index contributed by atoms with van der Waals surface area (Å²) in [5, 5.41) is 19.9. The van der Waals surface area contributed by atoms with Gasteiger partial charge < -0.3 is 26.0 Å². The summed E-state index contributed by atoms with van der Waals surface area (Å²) >= 11 is 0. The molecule has 1 amide bonds. The lowest BCUT2D eigenvalue weighted by molar-refractivity contribution is -0.137. The van der Waals surface area contributed by atoms with E-state index in [4.69, 9.17) is 20.7 Å². The van der Waals surface area contributed by atoms with E-state index in [-0.39, 0.29) is 6.42 Å². The van der Waals surface area contributed by atoms with E-state index in [2.05, 4.69) is 5.32 Å². The SMILES string of the molecule is CC(C)(C)OC(=O)N[C@H](CO)[C@H](N)CC(=O)O. The van der Waals surface area contributed by atoms with Crippen LogP contribution in [0.15, 0.2) is 0 Å². The highest BCUT2D eigenvalue weighted by Crippen LogP contribution is 2.07. The smallest absolute Gasteiger partial charge is 0.408 e. The second-order valence-corrected chi connectivity index (χ2v) is 4.70. The first-order chi connectivity index (χ1) is 7.65. The minimum atomic E-state index is -1.10. The molecule has 0 saturated heterocycles. The second-order valence-electron chi connectivity index (χ2n) is 4.70. The Hall–Kier alpha value is -1.34. The Morgan fingerprint density at radius 2 is 1.94 bits per heavy atom. The molecule has 100 valence electrons. The average molecular weight is 248 g/mol. The maximum Gasteiger partial charge on any atom is 0.408 e. The Labute approximate surface area is 99.9 Å². The molecule has 0 aliphatic carbocycles. The highest BCUT2D eigenvalue weighted by atomic mass is 16.6. The van der Waals surface area contributed by atoms with Crippen molar-refractivity contribution in [3.05, 3.63) is 0 Å². The number of hydrogen-bond donors (Lipinski definition) is 4. The molecule has 0 fully saturated rings. The number of carbonyl (C=O) groups is 2. The Kier molecular flexibility index (Phi) is 5.90. The number of ether oxygens (including phenoxy) is 1. The van der Waals surface area contributed by atoms with Gasteiger partial charge in [0.2, 0.25) is 0 Å². The van der Waals surface area contributed by atoms with Crippen molar-refractivity contribution in [2.75, 3.05) is 6.61 Å². The summed E-state index contributed by atoms with van der Waals surface area (Å²) in [7, 11) is 0. The van der Waals surface area contributed by atoms with Gasteiger partial charge in [-0.2, -0.15) is 0 Å². The number of nitrogens with two attached hydrogens (primary N) is 1. The molecule has 0 bridgehead atoms. The summed E-state index contributed by atoms with van der Waals surface area (Å²) in [6.07, 6.45) is -1.08. The molecule has 0 radical (unpaired) electrons. The predicted molar refractivity (Wildman–Crippen MR) is 60.5 cm³/mol. The fourth-order valence-electron chi connectivity index (χ4n) is 1.09.